The van der Waals surface area contributed by atoms with Crippen molar-refractivity contribution >= 4 is 21.8 Å². The second-order valence-electron chi connectivity index (χ2n) is 4.77. The van der Waals surface area contributed by atoms with E-state index in [1.54, 1.807) is 6.92 Å². The average molecular weight is 318 g/mol. The third-order valence-electron chi connectivity index (χ3n) is 3.35. The highest BCUT2D eigenvalue weighted by Crippen LogP contribution is 2.11. The Morgan fingerprint density at radius 1 is 1.24 bits per heavy atom. The van der Waals surface area contributed by atoms with Crippen molar-refractivity contribution in [3.8, 4) is 0 Å². The predicted octanol–water partition coefficient (Wildman–Crippen LogP) is 0.276. The molecule has 0 radical (unpaired) electrons. The fourth-order valence-electron chi connectivity index (χ4n) is 2.04. The predicted molar refractivity (Wildman–Crippen MR) is 78.6 cm³/mol. The zero-order valence-corrected chi connectivity index (χ0v) is 13.3. The lowest BCUT2D eigenvalue weighted by Crippen LogP contribution is -2.53. The van der Waals surface area contributed by atoms with E-state index >= 15 is 0 Å². The van der Waals surface area contributed by atoms with E-state index in [0.29, 0.717) is 32.8 Å². The Balaban J connectivity index is 2.60. The van der Waals surface area contributed by atoms with Crippen molar-refractivity contribution < 1.29 is 22.7 Å². The minimum atomic E-state index is -3.51. The summed E-state index contributed by atoms with van der Waals surface area (Å²) < 4.78 is 28.6. The van der Waals surface area contributed by atoms with Crippen LogP contribution < -0.4 is 0 Å². The largest absolute Gasteiger partial charge is 0.450 e. The summed E-state index contributed by atoms with van der Waals surface area (Å²) in [7, 11) is -3.51. The lowest BCUT2D eigenvalue weighted by molar-refractivity contribution is -0.132. The molecule has 2 amide bonds. The van der Waals surface area contributed by atoms with Gasteiger partial charge >= 0.3 is 6.09 Å². The van der Waals surface area contributed by atoms with Crippen molar-refractivity contribution in [2.24, 2.45) is 0 Å². The van der Waals surface area contributed by atoms with Crippen LogP contribution in [0.1, 0.15) is 13.8 Å². The summed E-state index contributed by atoms with van der Waals surface area (Å²) >= 11 is 0. The molecule has 0 aliphatic carbocycles. The Morgan fingerprint density at radius 3 is 2.24 bits per heavy atom. The van der Waals surface area contributed by atoms with Gasteiger partial charge in [-0.1, -0.05) is 6.08 Å². The van der Waals surface area contributed by atoms with Crippen molar-refractivity contribution in [2.75, 3.05) is 38.5 Å². The molecule has 21 heavy (non-hydrogen) atoms. The summed E-state index contributed by atoms with van der Waals surface area (Å²) in [5, 5.41) is -1.09. The first-order valence-electron chi connectivity index (χ1n) is 6.86. The Hall–Kier alpha value is -1.57. The Kier molecular flexibility index (Phi) is 6.19. The van der Waals surface area contributed by atoms with Gasteiger partial charge < -0.3 is 14.5 Å². The SMILES string of the molecule is C=CCS(=O)(=O)C(C)C(=O)N1CCN(C(=O)OCC)CC1. The number of amides is 2. The molecule has 0 aromatic heterocycles. The summed E-state index contributed by atoms with van der Waals surface area (Å²) in [6.07, 6.45) is 0.870. The van der Waals surface area contributed by atoms with Gasteiger partial charge in [0.15, 0.2) is 9.84 Å². The highest BCUT2D eigenvalue weighted by molar-refractivity contribution is 7.92. The molecule has 0 saturated carbocycles. The first-order chi connectivity index (χ1) is 9.83. The maximum absolute atomic E-state index is 12.2. The van der Waals surface area contributed by atoms with Crippen molar-refractivity contribution in [2.45, 2.75) is 19.1 Å². The van der Waals surface area contributed by atoms with Gasteiger partial charge in [-0.15, -0.1) is 6.58 Å². The molecular formula is C13H22N2O5S. The molecule has 1 unspecified atom stereocenters. The van der Waals surface area contributed by atoms with Crippen LogP contribution >= 0.6 is 0 Å². The molecule has 8 heteroatoms. The average Bonchev–Trinajstić information content (AvgIpc) is 2.46. The smallest absolute Gasteiger partial charge is 0.409 e. The monoisotopic (exact) mass is 318 g/mol. The molecule has 0 aromatic carbocycles. The molecule has 1 heterocycles. The molecular weight excluding hydrogens is 296 g/mol. The van der Waals surface area contributed by atoms with E-state index in [0.717, 1.165) is 0 Å². The maximum Gasteiger partial charge on any atom is 0.409 e. The number of hydrogen-bond donors (Lipinski definition) is 0. The van der Waals surface area contributed by atoms with Crippen LogP contribution in [0.15, 0.2) is 12.7 Å². The number of rotatable bonds is 5. The van der Waals surface area contributed by atoms with Crippen LogP contribution in [0.5, 0.6) is 0 Å². The minimum absolute atomic E-state index is 0.220. The van der Waals surface area contributed by atoms with Gasteiger partial charge in [0.05, 0.1) is 12.4 Å². The number of carbonyl (C=O) groups is 2. The molecule has 1 saturated heterocycles. The van der Waals surface area contributed by atoms with E-state index < -0.39 is 27.1 Å². The summed E-state index contributed by atoms with van der Waals surface area (Å²) in [6, 6.07) is 0. The van der Waals surface area contributed by atoms with Crippen LogP contribution in [0.4, 0.5) is 4.79 Å². The molecule has 1 atom stereocenters. The molecule has 120 valence electrons. The molecule has 7 nitrogen and oxygen atoms in total. The second-order valence-corrected chi connectivity index (χ2v) is 7.14. The van der Waals surface area contributed by atoms with Crippen molar-refractivity contribution in [1.29, 1.82) is 0 Å². The number of carbonyl (C=O) groups excluding carboxylic acids is 2. The van der Waals surface area contributed by atoms with Crippen LogP contribution in [-0.2, 0) is 19.4 Å². The summed E-state index contributed by atoms with van der Waals surface area (Å²) in [6.45, 7) is 8.11. The van der Waals surface area contributed by atoms with E-state index in [9.17, 15) is 18.0 Å². The zero-order valence-electron chi connectivity index (χ0n) is 12.4. The lowest BCUT2D eigenvalue weighted by Gasteiger charge is -2.35. The van der Waals surface area contributed by atoms with Gasteiger partial charge in [0, 0.05) is 26.2 Å². The van der Waals surface area contributed by atoms with Crippen molar-refractivity contribution in [1.82, 2.24) is 9.80 Å². The lowest BCUT2D eigenvalue weighted by atomic mass is 10.3. The number of ether oxygens (including phenoxy) is 1. The number of sulfone groups is 1. The van der Waals surface area contributed by atoms with Crippen LogP contribution in [0.2, 0.25) is 0 Å². The van der Waals surface area contributed by atoms with E-state index in [2.05, 4.69) is 6.58 Å². The van der Waals surface area contributed by atoms with E-state index in [-0.39, 0.29) is 5.75 Å². The fraction of sp³-hybridized carbons (Fsp3) is 0.692. The Morgan fingerprint density at radius 2 is 1.76 bits per heavy atom. The molecule has 1 fully saturated rings. The Bertz CT molecular complexity index is 495. The quantitative estimate of drug-likeness (QED) is 0.680. The van der Waals surface area contributed by atoms with Gasteiger partial charge in [-0.05, 0) is 13.8 Å². The van der Waals surface area contributed by atoms with Gasteiger partial charge in [-0.2, -0.15) is 0 Å². The first-order valence-corrected chi connectivity index (χ1v) is 8.58. The normalized spacial score (nSPS) is 17.2. The fourth-order valence-corrected chi connectivity index (χ4v) is 3.12. The Labute approximate surface area is 125 Å². The van der Waals surface area contributed by atoms with E-state index in [1.165, 1.54) is 22.8 Å². The summed E-state index contributed by atoms with van der Waals surface area (Å²) in [5.74, 6) is -0.650. The number of hydrogen-bond acceptors (Lipinski definition) is 5. The standard InChI is InChI=1S/C13H22N2O5S/c1-4-10-21(18,19)11(3)12(16)14-6-8-15(9-7-14)13(17)20-5-2/h4,11H,1,5-10H2,2-3H3. The first kappa shape index (κ1) is 17.5. The molecule has 1 rings (SSSR count). The molecule has 0 bridgehead atoms. The van der Waals surface area contributed by atoms with E-state index in [4.69, 9.17) is 4.74 Å². The molecule has 1 aliphatic rings. The van der Waals surface area contributed by atoms with Gasteiger partial charge in [-0.3, -0.25) is 4.79 Å². The topological polar surface area (TPSA) is 84.0 Å². The van der Waals surface area contributed by atoms with Crippen LogP contribution in [0.25, 0.3) is 0 Å². The minimum Gasteiger partial charge on any atom is -0.450 e. The highest BCUT2D eigenvalue weighted by Gasteiger charge is 2.33. The van der Waals surface area contributed by atoms with Crippen LogP contribution in [0, 0.1) is 0 Å². The van der Waals surface area contributed by atoms with Gasteiger partial charge in [-0.25, -0.2) is 13.2 Å². The highest BCUT2D eigenvalue weighted by atomic mass is 32.2. The summed E-state index contributed by atoms with van der Waals surface area (Å²) in [4.78, 5) is 26.7. The van der Waals surface area contributed by atoms with Gasteiger partial charge in [0.2, 0.25) is 5.91 Å². The van der Waals surface area contributed by atoms with Crippen LogP contribution in [0.3, 0.4) is 0 Å². The third kappa shape index (κ3) is 4.45. The zero-order chi connectivity index (χ0) is 16.0. The molecule has 0 spiro atoms. The number of nitrogens with zero attached hydrogens (tertiary/aromatic N) is 2. The van der Waals surface area contributed by atoms with Gasteiger partial charge in [0.25, 0.3) is 0 Å². The summed E-state index contributed by atoms with van der Waals surface area (Å²) in [5.41, 5.74) is 0. The van der Waals surface area contributed by atoms with Crippen molar-refractivity contribution in [3.63, 3.8) is 0 Å². The van der Waals surface area contributed by atoms with E-state index in [1.807, 2.05) is 0 Å². The molecule has 0 N–H and O–H groups in total. The molecule has 1 aliphatic heterocycles. The van der Waals surface area contributed by atoms with Crippen molar-refractivity contribution in [3.05, 3.63) is 12.7 Å². The third-order valence-corrected chi connectivity index (χ3v) is 5.33. The maximum atomic E-state index is 12.2. The molecule has 0 aromatic rings. The van der Waals surface area contributed by atoms with Crippen LogP contribution in [-0.4, -0.2) is 74.0 Å². The second kappa shape index (κ2) is 7.44. The van der Waals surface area contributed by atoms with Gasteiger partial charge in [0.1, 0.15) is 5.25 Å². The number of piperazine rings is 1.